The molecule has 1 aliphatic rings. The van der Waals surface area contributed by atoms with Crippen LogP contribution in [-0.4, -0.2) is 51.2 Å². The first kappa shape index (κ1) is 16.4. The molecule has 0 spiro atoms. The molecule has 0 bridgehead atoms. The summed E-state index contributed by atoms with van der Waals surface area (Å²) in [4.78, 5) is 18.0. The van der Waals surface area contributed by atoms with Gasteiger partial charge in [0.1, 0.15) is 24.2 Å². The predicted octanol–water partition coefficient (Wildman–Crippen LogP) is 1.26. The lowest BCUT2D eigenvalue weighted by molar-refractivity contribution is 0.0655. The molecular formula is C14H17ClFN5O. The standard InChI is InChI=1S/C14H16FN5O.ClH/c1-10-7-16-4-5-19(10)14(21)11-2-3-13(12(15)6-11)20-9-17-8-18-20;/h2-3,6,8-10,16H,4-5,7H2,1H3;1H. The van der Waals surface area contributed by atoms with Crippen molar-refractivity contribution in [1.82, 2.24) is 25.0 Å². The fourth-order valence-electron chi connectivity index (χ4n) is 2.47. The second kappa shape index (κ2) is 6.85. The van der Waals surface area contributed by atoms with Crippen LogP contribution < -0.4 is 5.32 Å². The number of hydrogen-bond donors (Lipinski definition) is 1. The number of rotatable bonds is 2. The monoisotopic (exact) mass is 325 g/mol. The second-order valence-electron chi connectivity index (χ2n) is 5.06. The van der Waals surface area contributed by atoms with Crippen LogP contribution in [0.5, 0.6) is 0 Å². The molecule has 2 heterocycles. The lowest BCUT2D eigenvalue weighted by Gasteiger charge is -2.34. The van der Waals surface area contributed by atoms with E-state index in [1.807, 2.05) is 6.92 Å². The van der Waals surface area contributed by atoms with E-state index in [1.165, 1.54) is 23.4 Å². The van der Waals surface area contributed by atoms with Gasteiger partial charge >= 0.3 is 0 Å². The number of aromatic nitrogens is 3. The number of halogens is 2. The minimum atomic E-state index is -0.492. The minimum absolute atomic E-state index is 0. The van der Waals surface area contributed by atoms with Crippen molar-refractivity contribution < 1.29 is 9.18 Å². The molecule has 118 valence electrons. The number of amides is 1. The van der Waals surface area contributed by atoms with E-state index in [4.69, 9.17) is 0 Å². The van der Waals surface area contributed by atoms with Gasteiger partial charge in [-0.3, -0.25) is 4.79 Å². The molecule has 1 aliphatic heterocycles. The Bertz CT molecular complexity index is 649. The van der Waals surface area contributed by atoms with Crippen molar-refractivity contribution in [3.63, 3.8) is 0 Å². The van der Waals surface area contributed by atoms with Gasteiger partial charge in [0.15, 0.2) is 0 Å². The van der Waals surface area contributed by atoms with Gasteiger partial charge in [-0.25, -0.2) is 14.1 Å². The Morgan fingerprint density at radius 2 is 2.27 bits per heavy atom. The molecule has 1 fully saturated rings. The first-order valence-electron chi connectivity index (χ1n) is 6.83. The average molecular weight is 326 g/mol. The highest BCUT2D eigenvalue weighted by Gasteiger charge is 2.24. The second-order valence-corrected chi connectivity index (χ2v) is 5.06. The van der Waals surface area contributed by atoms with Crippen molar-refractivity contribution in [2.45, 2.75) is 13.0 Å². The van der Waals surface area contributed by atoms with Crippen LogP contribution >= 0.6 is 12.4 Å². The Hall–Kier alpha value is -1.99. The van der Waals surface area contributed by atoms with Gasteiger partial charge in [0.25, 0.3) is 5.91 Å². The molecular weight excluding hydrogens is 309 g/mol. The summed E-state index contributed by atoms with van der Waals surface area (Å²) in [6.07, 6.45) is 2.75. The van der Waals surface area contributed by atoms with E-state index in [0.29, 0.717) is 12.1 Å². The zero-order valence-corrected chi connectivity index (χ0v) is 12.9. The van der Waals surface area contributed by atoms with E-state index in [0.717, 1.165) is 13.1 Å². The Kier molecular flexibility index (Phi) is 5.10. The molecule has 2 aromatic rings. The van der Waals surface area contributed by atoms with Crippen LogP contribution in [0.15, 0.2) is 30.9 Å². The summed E-state index contributed by atoms with van der Waals surface area (Å²) in [5.74, 6) is -0.637. The molecule has 8 heteroatoms. The van der Waals surface area contributed by atoms with E-state index in [-0.39, 0.29) is 30.0 Å². The van der Waals surface area contributed by atoms with Crippen molar-refractivity contribution in [3.8, 4) is 5.69 Å². The normalized spacial score (nSPS) is 17.9. The first-order valence-corrected chi connectivity index (χ1v) is 6.83. The van der Waals surface area contributed by atoms with Gasteiger partial charge in [0.05, 0.1) is 0 Å². The van der Waals surface area contributed by atoms with E-state index in [9.17, 15) is 9.18 Å². The zero-order chi connectivity index (χ0) is 14.8. The predicted molar refractivity (Wildman–Crippen MR) is 81.9 cm³/mol. The summed E-state index contributed by atoms with van der Waals surface area (Å²) in [6, 6.07) is 4.53. The SMILES string of the molecule is CC1CNCCN1C(=O)c1ccc(-n2cncn2)c(F)c1.Cl. The Morgan fingerprint density at radius 3 is 2.91 bits per heavy atom. The highest BCUT2D eigenvalue weighted by molar-refractivity contribution is 5.94. The smallest absolute Gasteiger partial charge is 0.254 e. The van der Waals surface area contributed by atoms with Gasteiger partial charge in [0, 0.05) is 31.2 Å². The molecule has 1 aromatic carbocycles. The number of carbonyl (C=O) groups excluding carboxylic acids is 1. The van der Waals surface area contributed by atoms with E-state index < -0.39 is 5.82 Å². The van der Waals surface area contributed by atoms with Crippen LogP contribution in [0, 0.1) is 5.82 Å². The van der Waals surface area contributed by atoms with Gasteiger partial charge < -0.3 is 10.2 Å². The maximum atomic E-state index is 14.2. The number of nitrogens with one attached hydrogen (secondary N) is 1. The topological polar surface area (TPSA) is 63.1 Å². The van der Waals surface area contributed by atoms with Crippen molar-refractivity contribution in [2.24, 2.45) is 0 Å². The van der Waals surface area contributed by atoms with Crippen LogP contribution in [-0.2, 0) is 0 Å². The van der Waals surface area contributed by atoms with Crippen LogP contribution in [0.3, 0.4) is 0 Å². The summed E-state index contributed by atoms with van der Waals surface area (Å²) >= 11 is 0. The number of hydrogen-bond acceptors (Lipinski definition) is 4. The molecule has 1 saturated heterocycles. The molecule has 1 aromatic heterocycles. The Balaban J connectivity index is 0.00000176. The maximum Gasteiger partial charge on any atom is 0.254 e. The fraction of sp³-hybridized carbons (Fsp3) is 0.357. The van der Waals surface area contributed by atoms with Crippen LogP contribution in [0.25, 0.3) is 5.69 Å². The molecule has 1 atom stereocenters. The van der Waals surface area contributed by atoms with E-state index >= 15 is 0 Å². The van der Waals surface area contributed by atoms with Gasteiger partial charge in [-0.2, -0.15) is 5.10 Å². The van der Waals surface area contributed by atoms with Crippen molar-refractivity contribution in [2.75, 3.05) is 19.6 Å². The highest BCUT2D eigenvalue weighted by Crippen LogP contribution is 2.17. The molecule has 0 saturated carbocycles. The maximum absolute atomic E-state index is 14.2. The molecule has 22 heavy (non-hydrogen) atoms. The Morgan fingerprint density at radius 1 is 1.45 bits per heavy atom. The molecule has 0 radical (unpaired) electrons. The van der Waals surface area contributed by atoms with Gasteiger partial charge in [-0.05, 0) is 25.1 Å². The van der Waals surface area contributed by atoms with Crippen LogP contribution in [0.1, 0.15) is 17.3 Å². The molecule has 1 amide bonds. The third-order valence-corrected chi connectivity index (χ3v) is 3.62. The van der Waals surface area contributed by atoms with Crippen molar-refractivity contribution in [3.05, 3.63) is 42.2 Å². The molecule has 0 aliphatic carbocycles. The van der Waals surface area contributed by atoms with Gasteiger partial charge in [-0.15, -0.1) is 12.4 Å². The van der Waals surface area contributed by atoms with Crippen molar-refractivity contribution >= 4 is 18.3 Å². The summed E-state index contributed by atoms with van der Waals surface area (Å²) in [5, 5.41) is 7.11. The summed E-state index contributed by atoms with van der Waals surface area (Å²) < 4.78 is 15.5. The number of nitrogens with zero attached hydrogens (tertiary/aromatic N) is 4. The van der Waals surface area contributed by atoms with Crippen molar-refractivity contribution in [1.29, 1.82) is 0 Å². The lowest BCUT2D eigenvalue weighted by Crippen LogP contribution is -2.52. The third-order valence-electron chi connectivity index (χ3n) is 3.62. The summed E-state index contributed by atoms with van der Waals surface area (Å²) in [6.45, 7) is 4.12. The largest absolute Gasteiger partial charge is 0.333 e. The molecule has 3 rings (SSSR count). The highest BCUT2D eigenvalue weighted by atomic mass is 35.5. The summed E-state index contributed by atoms with van der Waals surface area (Å²) in [7, 11) is 0. The fourth-order valence-corrected chi connectivity index (χ4v) is 2.47. The van der Waals surface area contributed by atoms with E-state index in [1.54, 1.807) is 17.0 Å². The third kappa shape index (κ3) is 3.10. The van der Waals surface area contributed by atoms with Gasteiger partial charge in [0.2, 0.25) is 0 Å². The molecule has 6 nitrogen and oxygen atoms in total. The number of piperazine rings is 1. The quantitative estimate of drug-likeness (QED) is 0.903. The average Bonchev–Trinajstić information content (AvgIpc) is 3.01. The Labute approximate surface area is 133 Å². The molecule has 1 unspecified atom stereocenters. The van der Waals surface area contributed by atoms with Crippen LogP contribution in [0.4, 0.5) is 4.39 Å². The van der Waals surface area contributed by atoms with Gasteiger partial charge in [-0.1, -0.05) is 0 Å². The minimum Gasteiger partial charge on any atom is -0.333 e. The molecule has 1 N–H and O–H groups in total. The van der Waals surface area contributed by atoms with Crippen LogP contribution in [0.2, 0.25) is 0 Å². The van der Waals surface area contributed by atoms with E-state index in [2.05, 4.69) is 15.4 Å². The summed E-state index contributed by atoms with van der Waals surface area (Å²) in [5.41, 5.74) is 0.627. The zero-order valence-electron chi connectivity index (χ0n) is 12.1. The lowest BCUT2D eigenvalue weighted by atomic mass is 10.1. The number of benzene rings is 1. The first-order chi connectivity index (χ1) is 10.2. The number of carbonyl (C=O) groups is 1.